The number of rotatable bonds is 3. The monoisotopic (exact) mass is 301 g/mol. The molecule has 0 aromatic heterocycles. The fraction of sp³-hybridized carbons (Fsp3) is 0.235. The van der Waals surface area contributed by atoms with Gasteiger partial charge < -0.3 is 10.1 Å². The highest BCUT2D eigenvalue weighted by Gasteiger charge is 2.26. The predicted octanol–water partition coefficient (Wildman–Crippen LogP) is 3.45. The van der Waals surface area contributed by atoms with Gasteiger partial charge in [-0.05, 0) is 11.6 Å². The maximum absolute atomic E-state index is 11.0. The molecule has 1 amide bonds. The van der Waals surface area contributed by atoms with Gasteiger partial charge in [0.1, 0.15) is 11.9 Å². The minimum Gasteiger partial charge on any atom is -0.487 e. The van der Waals surface area contributed by atoms with Crippen molar-refractivity contribution in [2.24, 2.45) is 0 Å². The number of hydrogen-bond acceptors (Lipinski definition) is 2. The molecule has 1 aliphatic heterocycles. The van der Waals surface area contributed by atoms with Crippen LogP contribution in [0.25, 0.3) is 11.1 Å². The first-order valence-corrected chi connectivity index (χ1v) is 7.31. The zero-order valence-electron chi connectivity index (χ0n) is 11.7. The van der Waals surface area contributed by atoms with E-state index in [1.54, 1.807) is 0 Å². The first-order chi connectivity index (χ1) is 10.1. The number of benzene rings is 2. The number of carbonyl (C=O) groups is 1. The Morgan fingerprint density at radius 3 is 2.76 bits per heavy atom. The molecule has 0 spiro atoms. The van der Waals surface area contributed by atoms with E-state index in [0.717, 1.165) is 28.9 Å². The first-order valence-electron chi connectivity index (χ1n) is 6.93. The van der Waals surface area contributed by atoms with Crippen molar-refractivity contribution in [3.8, 4) is 16.9 Å². The molecule has 2 aromatic rings. The number of para-hydroxylation sites is 1. The number of hydrogen-bond donors (Lipinski definition) is 1. The third-order valence-corrected chi connectivity index (χ3v) is 3.90. The fourth-order valence-corrected chi connectivity index (χ4v) is 2.84. The predicted molar refractivity (Wildman–Crippen MR) is 83.7 cm³/mol. The molecule has 4 heteroatoms. The van der Waals surface area contributed by atoms with Gasteiger partial charge in [0.15, 0.2) is 0 Å². The van der Waals surface area contributed by atoms with E-state index in [0.29, 0.717) is 11.6 Å². The minimum absolute atomic E-state index is 0.0208. The van der Waals surface area contributed by atoms with Crippen LogP contribution in [-0.4, -0.2) is 18.6 Å². The molecule has 0 bridgehead atoms. The summed E-state index contributed by atoms with van der Waals surface area (Å²) in [6.07, 6.45) is 0.779. The summed E-state index contributed by atoms with van der Waals surface area (Å²) in [6, 6.07) is 13.8. The Labute approximate surface area is 128 Å². The maximum Gasteiger partial charge on any atom is 0.217 e. The Morgan fingerprint density at radius 1 is 1.24 bits per heavy atom. The Bertz CT molecular complexity index is 684. The van der Waals surface area contributed by atoms with Crippen molar-refractivity contribution in [2.75, 3.05) is 6.54 Å². The Balaban J connectivity index is 1.90. The number of halogens is 1. The van der Waals surface area contributed by atoms with Gasteiger partial charge in [0, 0.05) is 29.5 Å². The van der Waals surface area contributed by atoms with Crippen molar-refractivity contribution in [3.05, 3.63) is 53.1 Å². The van der Waals surface area contributed by atoms with Crippen molar-refractivity contribution in [3.63, 3.8) is 0 Å². The molecule has 0 saturated carbocycles. The van der Waals surface area contributed by atoms with Crippen LogP contribution < -0.4 is 10.1 Å². The lowest BCUT2D eigenvalue weighted by Gasteiger charge is -2.13. The van der Waals surface area contributed by atoms with E-state index in [1.807, 2.05) is 36.4 Å². The van der Waals surface area contributed by atoms with E-state index in [4.69, 9.17) is 16.3 Å². The van der Waals surface area contributed by atoms with Gasteiger partial charge in [-0.1, -0.05) is 48.0 Å². The van der Waals surface area contributed by atoms with E-state index in [9.17, 15) is 4.79 Å². The second-order valence-corrected chi connectivity index (χ2v) is 5.56. The second-order valence-electron chi connectivity index (χ2n) is 5.15. The number of ether oxygens (including phenoxy) is 1. The molecule has 108 valence electrons. The molecule has 0 fully saturated rings. The molecular weight excluding hydrogens is 286 g/mol. The standard InChI is InChI=1S/C17H16ClNO2/c1-11(20)19-10-13-9-12-5-4-7-15(17(12)21-13)14-6-2-3-8-16(14)18/h2-8,13H,9-10H2,1H3,(H,19,20)/t13-/m1/s1. The topological polar surface area (TPSA) is 38.3 Å². The SMILES string of the molecule is CC(=O)NC[C@H]1Cc2cccc(-c3ccccc3Cl)c2O1. The van der Waals surface area contributed by atoms with Gasteiger partial charge in [0.25, 0.3) is 0 Å². The average molecular weight is 302 g/mol. The van der Waals surface area contributed by atoms with Crippen LogP contribution in [0.15, 0.2) is 42.5 Å². The van der Waals surface area contributed by atoms with Crippen molar-refractivity contribution in [1.29, 1.82) is 0 Å². The Morgan fingerprint density at radius 2 is 2.00 bits per heavy atom. The molecule has 3 nitrogen and oxygen atoms in total. The maximum atomic E-state index is 11.0. The van der Waals surface area contributed by atoms with Crippen LogP contribution in [-0.2, 0) is 11.2 Å². The van der Waals surface area contributed by atoms with E-state index < -0.39 is 0 Å². The largest absolute Gasteiger partial charge is 0.487 e. The summed E-state index contributed by atoms with van der Waals surface area (Å²) in [5.41, 5.74) is 3.13. The highest BCUT2D eigenvalue weighted by molar-refractivity contribution is 6.33. The fourth-order valence-electron chi connectivity index (χ4n) is 2.60. The molecule has 0 unspecified atom stereocenters. The summed E-state index contributed by atoms with van der Waals surface area (Å²) in [5.74, 6) is 0.835. The van der Waals surface area contributed by atoms with Crippen molar-refractivity contribution in [1.82, 2.24) is 5.32 Å². The smallest absolute Gasteiger partial charge is 0.217 e. The summed E-state index contributed by atoms with van der Waals surface area (Å²) >= 11 is 6.29. The molecule has 0 saturated heterocycles. The Hall–Kier alpha value is -2.00. The van der Waals surface area contributed by atoms with Crippen LogP contribution >= 0.6 is 11.6 Å². The first kappa shape index (κ1) is 14.0. The van der Waals surface area contributed by atoms with E-state index in [-0.39, 0.29) is 12.0 Å². The summed E-state index contributed by atoms with van der Waals surface area (Å²) in [6.45, 7) is 2.03. The second kappa shape index (κ2) is 5.78. The summed E-state index contributed by atoms with van der Waals surface area (Å²) < 4.78 is 6.02. The highest BCUT2D eigenvalue weighted by atomic mass is 35.5. The zero-order chi connectivity index (χ0) is 14.8. The van der Waals surface area contributed by atoms with Crippen LogP contribution in [0, 0.1) is 0 Å². The molecule has 0 radical (unpaired) electrons. The van der Waals surface area contributed by atoms with Gasteiger partial charge in [-0.15, -0.1) is 0 Å². The van der Waals surface area contributed by atoms with Crippen LogP contribution in [0.4, 0.5) is 0 Å². The average Bonchev–Trinajstić information content (AvgIpc) is 2.88. The molecule has 2 aromatic carbocycles. The molecular formula is C17H16ClNO2. The third-order valence-electron chi connectivity index (χ3n) is 3.57. The number of carbonyl (C=O) groups excluding carboxylic acids is 1. The quantitative estimate of drug-likeness (QED) is 0.943. The molecule has 3 rings (SSSR count). The highest BCUT2D eigenvalue weighted by Crippen LogP contribution is 2.40. The van der Waals surface area contributed by atoms with Crippen molar-refractivity contribution >= 4 is 17.5 Å². The van der Waals surface area contributed by atoms with E-state index in [2.05, 4.69) is 11.4 Å². The molecule has 0 aliphatic carbocycles. The summed E-state index contributed by atoms with van der Waals surface area (Å²) in [4.78, 5) is 11.0. The third kappa shape index (κ3) is 2.88. The molecule has 1 N–H and O–H groups in total. The van der Waals surface area contributed by atoms with E-state index in [1.165, 1.54) is 6.92 Å². The van der Waals surface area contributed by atoms with Crippen molar-refractivity contribution in [2.45, 2.75) is 19.4 Å². The molecule has 1 heterocycles. The van der Waals surface area contributed by atoms with Gasteiger partial charge in [0.05, 0.1) is 6.54 Å². The van der Waals surface area contributed by atoms with Crippen LogP contribution in [0.2, 0.25) is 5.02 Å². The van der Waals surface area contributed by atoms with Gasteiger partial charge in [-0.3, -0.25) is 4.79 Å². The zero-order valence-corrected chi connectivity index (χ0v) is 12.5. The lowest BCUT2D eigenvalue weighted by Crippen LogP contribution is -2.32. The summed E-state index contributed by atoms with van der Waals surface area (Å²) in [7, 11) is 0. The molecule has 1 aliphatic rings. The van der Waals surface area contributed by atoms with Gasteiger partial charge in [-0.2, -0.15) is 0 Å². The van der Waals surface area contributed by atoms with E-state index >= 15 is 0 Å². The molecule has 1 atom stereocenters. The lowest BCUT2D eigenvalue weighted by molar-refractivity contribution is -0.119. The lowest BCUT2D eigenvalue weighted by atomic mass is 10.0. The van der Waals surface area contributed by atoms with Gasteiger partial charge >= 0.3 is 0 Å². The van der Waals surface area contributed by atoms with Crippen molar-refractivity contribution < 1.29 is 9.53 Å². The number of amides is 1. The summed E-state index contributed by atoms with van der Waals surface area (Å²) in [5, 5.41) is 3.51. The van der Waals surface area contributed by atoms with Crippen LogP contribution in [0.5, 0.6) is 5.75 Å². The number of nitrogens with one attached hydrogen (secondary N) is 1. The van der Waals surface area contributed by atoms with Crippen LogP contribution in [0.3, 0.4) is 0 Å². The minimum atomic E-state index is -0.0408. The van der Waals surface area contributed by atoms with Crippen LogP contribution in [0.1, 0.15) is 12.5 Å². The normalized spacial score (nSPS) is 16.2. The van der Waals surface area contributed by atoms with Gasteiger partial charge in [0.2, 0.25) is 5.91 Å². The molecule has 21 heavy (non-hydrogen) atoms. The number of fused-ring (bicyclic) bond motifs is 1. The van der Waals surface area contributed by atoms with Gasteiger partial charge in [-0.25, -0.2) is 0 Å². The Kier molecular flexibility index (Phi) is 3.84.